The van der Waals surface area contributed by atoms with Crippen LogP contribution < -0.4 is 15.0 Å². The zero-order valence-corrected chi connectivity index (χ0v) is 14.8. The second-order valence-electron chi connectivity index (χ2n) is 6.27. The number of benzene rings is 1. The van der Waals surface area contributed by atoms with Crippen molar-refractivity contribution in [2.24, 2.45) is 0 Å². The van der Waals surface area contributed by atoms with E-state index < -0.39 is 0 Å². The van der Waals surface area contributed by atoms with Crippen LogP contribution in [-0.2, 0) is 4.79 Å². The van der Waals surface area contributed by atoms with Crippen LogP contribution in [0.15, 0.2) is 47.1 Å². The van der Waals surface area contributed by atoms with E-state index in [1.165, 1.54) is 0 Å². The van der Waals surface area contributed by atoms with Crippen molar-refractivity contribution < 1.29 is 13.9 Å². The van der Waals surface area contributed by atoms with E-state index in [0.29, 0.717) is 6.54 Å². The summed E-state index contributed by atoms with van der Waals surface area (Å²) in [6, 6.07) is 11.7. The van der Waals surface area contributed by atoms with Gasteiger partial charge in [-0.05, 0) is 31.2 Å². The number of hydrogen-bond acceptors (Lipinski definition) is 5. The molecule has 1 amide bonds. The summed E-state index contributed by atoms with van der Waals surface area (Å²) in [5.74, 6) is 1.67. The maximum absolute atomic E-state index is 12.2. The lowest BCUT2D eigenvalue weighted by molar-refractivity contribution is -0.123. The highest BCUT2D eigenvalue weighted by Gasteiger charge is 2.20. The van der Waals surface area contributed by atoms with Crippen LogP contribution in [0.4, 0.5) is 5.69 Å². The largest absolute Gasteiger partial charge is 0.497 e. The van der Waals surface area contributed by atoms with Crippen molar-refractivity contribution in [1.29, 1.82) is 0 Å². The zero-order chi connectivity index (χ0) is 17.6. The van der Waals surface area contributed by atoms with E-state index in [1.807, 2.05) is 37.3 Å². The standard InChI is InChI=1S/C19H25N3O3/c1-15(18-7-4-12-25-18)20-19(23)14-21-8-10-22(11-9-21)16-5-3-6-17(13-16)24-2/h3-7,12-13,15H,8-11,14H2,1-2H3,(H,20,23)/t15-/m1/s1. The Hall–Kier alpha value is -2.47. The van der Waals surface area contributed by atoms with E-state index in [9.17, 15) is 4.79 Å². The van der Waals surface area contributed by atoms with Crippen molar-refractivity contribution in [1.82, 2.24) is 10.2 Å². The van der Waals surface area contributed by atoms with Gasteiger partial charge < -0.3 is 19.4 Å². The molecule has 3 rings (SSSR count). The minimum absolute atomic E-state index is 0.0266. The summed E-state index contributed by atoms with van der Waals surface area (Å²) >= 11 is 0. The summed E-state index contributed by atoms with van der Waals surface area (Å²) in [5.41, 5.74) is 1.16. The van der Waals surface area contributed by atoms with Crippen molar-refractivity contribution in [3.63, 3.8) is 0 Å². The summed E-state index contributed by atoms with van der Waals surface area (Å²) in [7, 11) is 1.68. The zero-order valence-electron chi connectivity index (χ0n) is 14.8. The van der Waals surface area contributed by atoms with Crippen molar-refractivity contribution in [2.75, 3.05) is 44.7 Å². The van der Waals surface area contributed by atoms with E-state index in [4.69, 9.17) is 9.15 Å². The quantitative estimate of drug-likeness (QED) is 0.872. The van der Waals surface area contributed by atoms with Gasteiger partial charge in [0.15, 0.2) is 0 Å². The first-order chi connectivity index (χ1) is 12.2. The fraction of sp³-hybridized carbons (Fsp3) is 0.421. The molecule has 0 spiro atoms. The van der Waals surface area contributed by atoms with E-state index in [0.717, 1.165) is 43.4 Å². The van der Waals surface area contributed by atoms with Gasteiger partial charge in [0.1, 0.15) is 11.5 Å². The third kappa shape index (κ3) is 4.54. The lowest BCUT2D eigenvalue weighted by Gasteiger charge is -2.36. The third-order valence-electron chi connectivity index (χ3n) is 4.51. The second kappa shape index (κ2) is 8.07. The molecule has 134 valence electrons. The SMILES string of the molecule is COc1cccc(N2CCN(CC(=O)N[C@H](C)c3ccco3)CC2)c1. The van der Waals surface area contributed by atoms with Gasteiger partial charge in [0, 0.05) is 37.9 Å². The van der Waals surface area contributed by atoms with Gasteiger partial charge in [0.05, 0.1) is 26.0 Å². The Morgan fingerprint density at radius 1 is 1.24 bits per heavy atom. The van der Waals surface area contributed by atoms with Gasteiger partial charge in [-0.2, -0.15) is 0 Å². The molecule has 0 aliphatic carbocycles. The molecule has 6 nitrogen and oxygen atoms in total. The molecule has 6 heteroatoms. The first kappa shape index (κ1) is 17.4. The van der Waals surface area contributed by atoms with Crippen molar-refractivity contribution in [2.45, 2.75) is 13.0 Å². The molecule has 1 aromatic carbocycles. The van der Waals surface area contributed by atoms with Gasteiger partial charge in [-0.1, -0.05) is 6.07 Å². The lowest BCUT2D eigenvalue weighted by atomic mass is 10.2. The smallest absolute Gasteiger partial charge is 0.234 e. The molecule has 2 heterocycles. The molecule has 1 atom stereocenters. The third-order valence-corrected chi connectivity index (χ3v) is 4.51. The minimum Gasteiger partial charge on any atom is -0.497 e. The van der Waals surface area contributed by atoms with Crippen LogP contribution in [0.1, 0.15) is 18.7 Å². The van der Waals surface area contributed by atoms with Crippen LogP contribution in [0.2, 0.25) is 0 Å². The Bertz CT molecular complexity index is 679. The number of anilines is 1. The molecular formula is C19H25N3O3. The van der Waals surface area contributed by atoms with Crippen LogP contribution in [0, 0.1) is 0 Å². The number of carbonyl (C=O) groups excluding carboxylic acids is 1. The molecule has 1 aliphatic heterocycles. The predicted molar refractivity (Wildman–Crippen MR) is 96.9 cm³/mol. The van der Waals surface area contributed by atoms with Crippen LogP contribution in [0.25, 0.3) is 0 Å². The van der Waals surface area contributed by atoms with Gasteiger partial charge >= 0.3 is 0 Å². The number of carbonyl (C=O) groups is 1. The van der Waals surface area contributed by atoms with Crippen LogP contribution in [0.3, 0.4) is 0 Å². The predicted octanol–water partition coefficient (Wildman–Crippen LogP) is 2.29. The number of nitrogens with one attached hydrogen (secondary N) is 1. The molecule has 1 fully saturated rings. The Balaban J connectivity index is 1.46. The van der Waals surface area contributed by atoms with E-state index in [2.05, 4.69) is 21.2 Å². The molecule has 25 heavy (non-hydrogen) atoms. The first-order valence-electron chi connectivity index (χ1n) is 8.60. The van der Waals surface area contributed by atoms with Crippen LogP contribution in [-0.4, -0.2) is 50.6 Å². The number of ether oxygens (including phenoxy) is 1. The highest BCUT2D eigenvalue weighted by atomic mass is 16.5. The average molecular weight is 343 g/mol. The molecule has 0 bridgehead atoms. The van der Waals surface area contributed by atoms with Gasteiger partial charge in [-0.25, -0.2) is 0 Å². The van der Waals surface area contributed by atoms with Gasteiger partial charge in [-0.15, -0.1) is 0 Å². The van der Waals surface area contributed by atoms with E-state index >= 15 is 0 Å². The van der Waals surface area contributed by atoms with Crippen molar-refractivity contribution in [3.05, 3.63) is 48.4 Å². The Kier molecular flexibility index (Phi) is 5.60. The molecule has 2 aromatic rings. The van der Waals surface area contributed by atoms with Gasteiger partial charge in [0.25, 0.3) is 0 Å². The Labute approximate surface area is 148 Å². The summed E-state index contributed by atoms with van der Waals surface area (Å²) < 4.78 is 10.6. The number of nitrogens with zero attached hydrogens (tertiary/aromatic N) is 2. The molecule has 0 radical (unpaired) electrons. The number of methoxy groups -OCH3 is 1. The molecule has 1 aromatic heterocycles. The summed E-state index contributed by atoms with van der Waals surface area (Å²) in [6.45, 7) is 5.86. The number of rotatable bonds is 6. The lowest BCUT2D eigenvalue weighted by Crippen LogP contribution is -2.49. The first-order valence-corrected chi connectivity index (χ1v) is 8.60. The molecule has 0 unspecified atom stereocenters. The fourth-order valence-corrected chi connectivity index (χ4v) is 3.07. The molecule has 1 N–H and O–H groups in total. The normalized spacial score (nSPS) is 16.5. The maximum atomic E-state index is 12.2. The monoisotopic (exact) mass is 343 g/mol. The number of piperazine rings is 1. The highest BCUT2D eigenvalue weighted by Crippen LogP contribution is 2.22. The minimum atomic E-state index is -0.111. The summed E-state index contributed by atoms with van der Waals surface area (Å²) in [4.78, 5) is 16.7. The number of hydrogen-bond donors (Lipinski definition) is 1. The van der Waals surface area contributed by atoms with E-state index in [-0.39, 0.29) is 11.9 Å². The van der Waals surface area contributed by atoms with Gasteiger partial charge in [-0.3, -0.25) is 9.69 Å². The number of furan rings is 1. The molecular weight excluding hydrogens is 318 g/mol. The number of amides is 1. The van der Waals surface area contributed by atoms with Crippen LogP contribution in [0.5, 0.6) is 5.75 Å². The topological polar surface area (TPSA) is 58.0 Å². The summed E-state index contributed by atoms with van der Waals surface area (Å²) in [6.07, 6.45) is 1.62. The Morgan fingerprint density at radius 3 is 2.72 bits per heavy atom. The molecule has 1 aliphatic rings. The molecule has 0 saturated carbocycles. The van der Waals surface area contributed by atoms with Gasteiger partial charge in [0.2, 0.25) is 5.91 Å². The van der Waals surface area contributed by atoms with Crippen LogP contribution >= 0.6 is 0 Å². The summed E-state index contributed by atoms with van der Waals surface area (Å²) in [5, 5.41) is 2.98. The van der Waals surface area contributed by atoms with Crippen molar-refractivity contribution in [3.8, 4) is 5.75 Å². The van der Waals surface area contributed by atoms with Crippen molar-refractivity contribution >= 4 is 11.6 Å². The molecule has 1 saturated heterocycles. The van der Waals surface area contributed by atoms with E-state index in [1.54, 1.807) is 13.4 Å². The maximum Gasteiger partial charge on any atom is 0.234 e. The highest BCUT2D eigenvalue weighted by molar-refractivity contribution is 5.78. The second-order valence-corrected chi connectivity index (χ2v) is 6.27. The Morgan fingerprint density at radius 2 is 2.04 bits per heavy atom. The fourth-order valence-electron chi connectivity index (χ4n) is 3.07. The average Bonchev–Trinajstić information content (AvgIpc) is 3.17.